The molecule has 1 saturated heterocycles. The van der Waals surface area contributed by atoms with Crippen molar-refractivity contribution in [3.8, 4) is 0 Å². The Morgan fingerprint density at radius 3 is 2.68 bits per heavy atom. The van der Waals surface area contributed by atoms with Gasteiger partial charge in [-0.15, -0.1) is 0 Å². The van der Waals surface area contributed by atoms with Gasteiger partial charge in [-0.2, -0.15) is 0 Å². The van der Waals surface area contributed by atoms with E-state index in [4.69, 9.17) is 4.74 Å². The summed E-state index contributed by atoms with van der Waals surface area (Å²) in [7, 11) is 0. The van der Waals surface area contributed by atoms with Crippen LogP contribution in [0.2, 0.25) is 0 Å². The quantitative estimate of drug-likeness (QED) is 0.781. The van der Waals surface area contributed by atoms with Crippen molar-refractivity contribution in [3.63, 3.8) is 0 Å². The summed E-state index contributed by atoms with van der Waals surface area (Å²) in [4.78, 5) is 32.3. The molecule has 6 heteroatoms. The summed E-state index contributed by atoms with van der Waals surface area (Å²) in [5.41, 5.74) is 0.376. The number of ether oxygens (including phenoxy) is 1. The van der Waals surface area contributed by atoms with Gasteiger partial charge in [-0.25, -0.2) is 9.78 Å². The van der Waals surface area contributed by atoms with Gasteiger partial charge in [-0.05, 0) is 58.9 Å². The van der Waals surface area contributed by atoms with Gasteiger partial charge in [0, 0.05) is 24.3 Å². The average molecular weight is 345 g/mol. The predicted molar refractivity (Wildman–Crippen MR) is 95.3 cm³/mol. The number of anilines is 1. The van der Waals surface area contributed by atoms with Crippen molar-refractivity contribution < 1.29 is 14.3 Å². The molecule has 136 valence electrons. The molecule has 2 amide bonds. The van der Waals surface area contributed by atoms with Crippen LogP contribution in [0.4, 0.5) is 10.6 Å². The predicted octanol–water partition coefficient (Wildman–Crippen LogP) is 3.67. The zero-order valence-corrected chi connectivity index (χ0v) is 15.3. The van der Waals surface area contributed by atoms with E-state index in [1.54, 1.807) is 16.0 Å². The van der Waals surface area contributed by atoms with Crippen LogP contribution in [0.3, 0.4) is 0 Å². The second-order valence-corrected chi connectivity index (χ2v) is 7.85. The molecular formula is C19H27N3O3. The SMILES string of the molecule is CC(C)(C)OC(=O)N(c1ncccc1C1CCCN1C=O)C1CCC1. The highest BCUT2D eigenvalue weighted by molar-refractivity contribution is 5.88. The standard InChI is InChI=1S/C19H27N3O3/c1-19(2,3)25-18(24)22(14-7-4-8-14)17-15(9-5-11-20-17)16-10-6-12-21(16)13-23/h5,9,11,13-14,16H,4,6-8,10,12H2,1-3H3. The normalized spacial score (nSPS) is 20.9. The molecule has 0 bridgehead atoms. The molecule has 2 aliphatic rings. The van der Waals surface area contributed by atoms with Crippen LogP contribution in [0.1, 0.15) is 64.5 Å². The largest absolute Gasteiger partial charge is 0.443 e. The van der Waals surface area contributed by atoms with Crippen LogP contribution in [-0.4, -0.2) is 40.6 Å². The monoisotopic (exact) mass is 345 g/mol. The van der Waals surface area contributed by atoms with E-state index in [-0.39, 0.29) is 18.2 Å². The van der Waals surface area contributed by atoms with Crippen molar-refractivity contribution >= 4 is 18.3 Å². The summed E-state index contributed by atoms with van der Waals surface area (Å²) in [5, 5.41) is 0. The zero-order chi connectivity index (χ0) is 18.0. The molecule has 0 radical (unpaired) electrons. The lowest BCUT2D eigenvalue weighted by molar-refractivity contribution is -0.118. The molecule has 3 rings (SSSR count). The van der Waals surface area contributed by atoms with Gasteiger partial charge in [0.25, 0.3) is 0 Å². The van der Waals surface area contributed by atoms with E-state index in [9.17, 15) is 9.59 Å². The number of carbonyl (C=O) groups is 2. The molecule has 1 aromatic heterocycles. The van der Waals surface area contributed by atoms with Crippen molar-refractivity contribution in [1.82, 2.24) is 9.88 Å². The van der Waals surface area contributed by atoms with Crippen LogP contribution in [0, 0.1) is 0 Å². The van der Waals surface area contributed by atoms with Crippen LogP contribution in [0.15, 0.2) is 18.3 Å². The lowest BCUT2D eigenvalue weighted by Crippen LogP contribution is -2.47. The second-order valence-electron chi connectivity index (χ2n) is 7.85. The minimum atomic E-state index is -0.559. The number of hydrogen-bond acceptors (Lipinski definition) is 4. The Kier molecular flexibility index (Phi) is 4.97. The van der Waals surface area contributed by atoms with Crippen molar-refractivity contribution in [2.45, 2.75) is 70.6 Å². The zero-order valence-electron chi connectivity index (χ0n) is 15.3. The number of carbonyl (C=O) groups excluding carboxylic acids is 2. The molecular weight excluding hydrogens is 318 g/mol. The Morgan fingerprint density at radius 1 is 1.32 bits per heavy atom. The third kappa shape index (κ3) is 3.78. The van der Waals surface area contributed by atoms with Crippen LogP contribution >= 0.6 is 0 Å². The number of amides is 2. The molecule has 1 atom stereocenters. The van der Waals surface area contributed by atoms with E-state index in [0.717, 1.165) is 50.6 Å². The topological polar surface area (TPSA) is 62.7 Å². The van der Waals surface area contributed by atoms with E-state index < -0.39 is 5.60 Å². The number of aromatic nitrogens is 1. The molecule has 1 aliphatic carbocycles. The van der Waals surface area contributed by atoms with Crippen molar-refractivity contribution in [2.24, 2.45) is 0 Å². The first kappa shape index (κ1) is 17.7. The number of nitrogens with zero attached hydrogens (tertiary/aromatic N) is 3. The highest BCUT2D eigenvalue weighted by Crippen LogP contribution is 2.38. The molecule has 2 fully saturated rings. The minimum Gasteiger partial charge on any atom is -0.443 e. The summed E-state index contributed by atoms with van der Waals surface area (Å²) in [6, 6.07) is 3.94. The van der Waals surface area contributed by atoms with Crippen molar-refractivity contribution in [2.75, 3.05) is 11.4 Å². The maximum absolute atomic E-state index is 12.9. The van der Waals surface area contributed by atoms with E-state index >= 15 is 0 Å². The highest BCUT2D eigenvalue weighted by Gasteiger charge is 2.37. The molecule has 25 heavy (non-hydrogen) atoms. The Bertz CT molecular complexity index is 637. The molecule has 0 spiro atoms. The number of hydrogen-bond donors (Lipinski definition) is 0. The lowest BCUT2D eigenvalue weighted by Gasteiger charge is -2.39. The second kappa shape index (κ2) is 7.02. The van der Waals surface area contributed by atoms with Crippen LogP contribution in [0.25, 0.3) is 0 Å². The van der Waals surface area contributed by atoms with Gasteiger partial charge in [0.15, 0.2) is 0 Å². The maximum atomic E-state index is 12.9. The van der Waals surface area contributed by atoms with Gasteiger partial charge in [0.1, 0.15) is 11.4 Å². The van der Waals surface area contributed by atoms with Crippen LogP contribution in [-0.2, 0) is 9.53 Å². The molecule has 1 aromatic rings. The van der Waals surface area contributed by atoms with Gasteiger partial charge in [-0.1, -0.05) is 6.07 Å². The lowest BCUT2D eigenvalue weighted by atomic mass is 9.91. The summed E-state index contributed by atoms with van der Waals surface area (Å²) < 4.78 is 5.65. The van der Waals surface area contributed by atoms with E-state index in [1.165, 1.54) is 0 Å². The Balaban J connectivity index is 1.96. The maximum Gasteiger partial charge on any atom is 0.416 e. The third-order valence-electron chi connectivity index (χ3n) is 4.86. The van der Waals surface area contributed by atoms with Gasteiger partial charge in [0.05, 0.1) is 6.04 Å². The third-order valence-corrected chi connectivity index (χ3v) is 4.86. The summed E-state index contributed by atoms with van der Waals surface area (Å²) in [5.74, 6) is 0.639. The summed E-state index contributed by atoms with van der Waals surface area (Å²) in [6.45, 7) is 6.36. The van der Waals surface area contributed by atoms with Crippen molar-refractivity contribution in [3.05, 3.63) is 23.9 Å². The molecule has 1 saturated carbocycles. The smallest absolute Gasteiger partial charge is 0.416 e. The Hall–Kier alpha value is -2.11. The van der Waals surface area contributed by atoms with Gasteiger partial charge < -0.3 is 9.64 Å². The molecule has 6 nitrogen and oxygen atoms in total. The molecule has 1 unspecified atom stereocenters. The molecule has 0 N–H and O–H groups in total. The highest BCUT2D eigenvalue weighted by atomic mass is 16.6. The first-order valence-corrected chi connectivity index (χ1v) is 9.09. The number of likely N-dealkylation sites (tertiary alicyclic amines) is 1. The van der Waals surface area contributed by atoms with Gasteiger partial charge in [0.2, 0.25) is 6.41 Å². The fraction of sp³-hybridized carbons (Fsp3) is 0.632. The molecule has 2 heterocycles. The van der Waals surface area contributed by atoms with E-state index in [0.29, 0.717) is 5.82 Å². The Labute approximate surface area is 149 Å². The first-order valence-electron chi connectivity index (χ1n) is 9.09. The van der Waals surface area contributed by atoms with Crippen molar-refractivity contribution in [1.29, 1.82) is 0 Å². The van der Waals surface area contributed by atoms with Gasteiger partial charge >= 0.3 is 6.09 Å². The minimum absolute atomic E-state index is 0.0220. The average Bonchev–Trinajstić information content (AvgIpc) is 2.97. The number of pyridine rings is 1. The number of rotatable bonds is 4. The Morgan fingerprint density at radius 2 is 2.08 bits per heavy atom. The fourth-order valence-corrected chi connectivity index (χ4v) is 3.48. The van der Waals surface area contributed by atoms with E-state index in [2.05, 4.69) is 4.98 Å². The molecule has 1 aliphatic heterocycles. The van der Waals surface area contributed by atoms with E-state index in [1.807, 2.05) is 32.9 Å². The summed E-state index contributed by atoms with van der Waals surface area (Å²) >= 11 is 0. The van der Waals surface area contributed by atoms with Crippen LogP contribution < -0.4 is 4.90 Å². The van der Waals surface area contributed by atoms with Gasteiger partial charge in [-0.3, -0.25) is 9.69 Å². The van der Waals surface area contributed by atoms with Crippen LogP contribution in [0.5, 0.6) is 0 Å². The molecule has 0 aromatic carbocycles. The fourth-order valence-electron chi connectivity index (χ4n) is 3.48. The first-order chi connectivity index (χ1) is 11.9. The summed E-state index contributed by atoms with van der Waals surface area (Å²) in [6.07, 6.45) is 7.13.